The molecule has 19 heavy (non-hydrogen) atoms. The molecule has 0 unspecified atom stereocenters. The summed E-state index contributed by atoms with van der Waals surface area (Å²) in [4.78, 5) is 11.6. The highest BCUT2D eigenvalue weighted by Crippen LogP contribution is 2.19. The Morgan fingerprint density at radius 2 is 1.95 bits per heavy atom. The molecule has 0 heterocycles. The molecular weight excluding hydrogens is 262 g/mol. The predicted molar refractivity (Wildman–Crippen MR) is 76.3 cm³/mol. The van der Waals surface area contributed by atoms with Gasteiger partial charge in [0.15, 0.2) is 5.78 Å². The SMILES string of the molecule is CCc1ccc(N(O)/C=C2/C=C(Cl)C=CC2=O)cc1. The van der Waals surface area contributed by atoms with Gasteiger partial charge in [-0.05, 0) is 42.3 Å². The molecule has 0 spiro atoms. The summed E-state index contributed by atoms with van der Waals surface area (Å²) in [6.45, 7) is 2.06. The normalized spacial score (nSPS) is 16.7. The Balaban J connectivity index is 2.22. The second-order valence-corrected chi connectivity index (χ2v) is 4.61. The maximum Gasteiger partial charge on any atom is 0.187 e. The first-order valence-electron chi connectivity index (χ1n) is 5.98. The number of carbonyl (C=O) groups excluding carboxylic acids is 1. The van der Waals surface area contributed by atoms with Gasteiger partial charge in [-0.3, -0.25) is 10.0 Å². The minimum Gasteiger partial charge on any atom is -0.289 e. The lowest BCUT2D eigenvalue weighted by Crippen LogP contribution is -2.13. The van der Waals surface area contributed by atoms with Crippen LogP contribution in [0.2, 0.25) is 0 Å². The van der Waals surface area contributed by atoms with E-state index < -0.39 is 0 Å². The fourth-order valence-electron chi connectivity index (χ4n) is 1.71. The Kier molecular flexibility index (Phi) is 4.20. The molecule has 4 heteroatoms. The number of aryl methyl sites for hydroxylation is 1. The van der Waals surface area contributed by atoms with Crippen LogP contribution in [0, 0.1) is 0 Å². The summed E-state index contributed by atoms with van der Waals surface area (Å²) >= 11 is 5.83. The molecule has 1 aliphatic carbocycles. The first kappa shape index (κ1) is 13.6. The van der Waals surface area contributed by atoms with Crippen LogP contribution in [-0.4, -0.2) is 11.0 Å². The number of allylic oxidation sites excluding steroid dienone is 5. The lowest BCUT2D eigenvalue weighted by Gasteiger charge is -2.14. The summed E-state index contributed by atoms with van der Waals surface area (Å²) in [7, 11) is 0. The van der Waals surface area contributed by atoms with Crippen LogP contribution in [0.25, 0.3) is 0 Å². The van der Waals surface area contributed by atoms with Gasteiger partial charge in [0.2, 0.25) is 0 Å². The Morgan fingerprint density at radius 1 is 1.26 bits per heavy atom. The summed E-state index contributed by atoms with van der Waals surface area (Å²) in [5.74, 6) is -0.186. The molecular formula is C15H14ClNO2. The number of halogens is 1. The summed E-state index contributed by atoms with van der Waals surface area (Å²) in [6, 6.07) is 7.46. The number of rotatable bonds is 3. The van der Waals surface area contributed by atoms with Crippen LogP contribution in [0.5, 0.6) is 0 Å². The fraction of sp³-hybridized carbons (Fsp3) is 0.133. The van der Waals surface area contributed by atoms with Crippen LogP contribution in [0.1, 0.15) is 12.5 Å². The second-order valence-electron chi connectivity index (χ2n) is 4.18. The van der Waals surface area contributed by atoms with Crippen molar-refractivity contribution in [1.82, 2.24) is 0 Å². The maximum atomic E-state index is 11.6. The van der Waals surface area contributed by atoms with E-state index in [-0.39, 0.29) is 5.78 Å². The summed E-state index contributed by atoms with van der Waals surface area (Å²) in [5.41, 5.74) is 2.12. The summed E-state index contributed by atoms with van der Waals surface area (Å²) < 4.78 is 0. The molecule has 0 amide bonds. The Morgan fingerprint density at radius 3 is 2.58 bits per heavy atom. The van der Waals surface area contributed by atoms with Crippen molar-refractivity contribution in [3.63, 3.8) is 0 Å². The topological polar surface area (TPSA) is 40.5 Å². The molecule has 0 radical (unpaired) electrons. The van der Waals surface area contributed by atoms with Crippen molar-refractivity contribution < 1.29 is 10.0 Å². The molecule has 0 fully saturated rings. The van der Waals surface area contributed by atoms with Crippen molar-refractivity contribution in [2.45, 2.75) is 13.3 Å². The average molecular weight is 276 g/mol. The van der Waals surface area contributed by atoms with E-state index in [2.05, 4.69) is 6.92 Å². The molecule has 2 rings (SSSR count). The zero-order valence-electron chi connectivity index (χ0n) is 10.5. The number of hydrogen-bond acceptors (Lipinski definition) is 3. The zero-order valence-corrected chi connectivity index (χ0v) is 11.3. The number of anilines is 1. The van der Waals surface area contributed by atoms with Crippen molar-refractivity contribution in [1.29, 1.82) is 0 Å². The third kappa shape index (κ3) is 3.34. The van der Waals surface area contributed by atoms with Gasteiger partial charge in [-0.2, -0.15) is 0 Å². The number of ketones is 1. The van der Waals surface area contributed by atoms with Crippen molar-refractivity contribution >= 4 is 23.1 Å². The van der Waals surface area contributed by atoms with E-state index in [1.54, 1.807) is 12.1 Å². The molecule has 0 bridgehead atoms. The van der Waals surface area contributed by atoms with E-state index in [4.69, 9.17) is 11.6 Å². The molecule has 0 saturated heterocycles. The van der Waals surface area contributed by atoms with Crippen LogP contribution in [0.15, 0.2) is 59.3 Å². The largest absolute Gasteiger partial charge is 0.289 e. The standard InChI is InChI=1S/C15H14ClNO2/c1-2-11-3-6-14(7-4-11)17(19)10-12-9-13(16)5-8-15(12)18/h3-10,19H,2H2,1H3/b12-10-. The van der Waals surface area contributed by atoms with Crippen LogP contribution < -0.4 is 5.06 Å². The number of hydrogen-bond donors (Lipinski definition) is 1. The summed E-state index contributed by atoms with van der Waals surface area (Å²) in [6.07, 6.45) is 6.72. The molecule has 1 aliphatic rings. The van der Waals surface area contributed by atoms with Crippen LogP contribution in [-0.2, 0) is 11.2 Å². The number of carbonyl (C=O) groups is 1. The first-order chi connectivity index (χ1) is 9.10. The highest BCUT2D eigenvalue weighted by Gasteiger charge is 2.11. The molecule has 1 N–H and O–H groups in total. The van der Waals surface area contributed by atoms with E-state index in [1.165, 1.54) is 30.0 Å². The van der Waals surface area contributed by atoms with E-state index in [0.717, 1.165) is 11.5 Å². The average Bonchev–Trinajstić information content (AvgIpc) is 2.43. The molecule has 3 nitrogen and oxygen atoms in total. The third-order valence-corrected chi connectivity index (χ3v) is 3.08. The molecule has 0 aliphatic heterocycles. The number of benzene rings is 1. The van der Waals surface area contributed by atoms with E-state index in [1.807, 2.05) is 12.1 Å². The monoisotopic (exact) mass is 275 g/mol. The van der Waals surface area contributed by atoms with Gasteiger partial charge < -0.3 is 0 Å². The first-order valence-corrected chi connectivity index (χ1v) is 6.36. The van der Waals surface area contributed by atoms with E-state index in [0.29, 0.717) is 16.3 Å². The van der Waals surface area contributed by atoms with Gasteiger partial charge in [-0.1, -0.05) is 30.7 Å². The van der Waals surface area contributed by atoms with Gasteiger partial charge in [0.1, 0.15) is 0 Å². The van der Waals surface area contributed by atoms with E-state index in [9.17, 15) is 10.0 Å². The minimum absolute atomic E-state index is 0.186. The predicted octanol–water partition coefficient (Wildman–Crippen LogP) is 3.59. The quantitative estimate of drug-likeness (QED) is 0.677. The molecule has 1 aromatic rings. The van der Waals surface area contributed by atoms with Gasteiger partial charge in [-0.25, -0.2) is 5.06 Å². The van der Waals surface area contributed by atoms with Gasteiger partial charge in [0.25, 0.3) is 0 Å². The smallest absolute Gasteiger partial charge is 0.187 e. The van der Waals surface area contributed by atoms with Crippen molar-refractivity contribution in [3.05, 3.63) is 64.9 Å². The highest BCUT2D eigenvalue weighted by molar-refractivity contribution is 6.33. The Labute approximate surface area is 117 Å². The minimum atomic E-state index is -0.186. The van der Waals surface area contributed by atoms with Crippen molar-refractivity contribution in [2.24, 2.45) is 0 Å². The van der Waals surface area contributed by atoms with Crippen LogP contribution in [0.3, 0.4) is 0 Å². The molecule has 1 aromatic carbocycles. The van der Waals surface area contributed by atoms with E-state index >= 15 is 0 Å². The Hall–Kier alpha value is -1.84. The van der Waals surface area contributed by atoms with Gasteiger partial charge in [0, 0.05) is 16.8 Å². The third-order valence-electron chi connectivity index (χ3n) is 2.84. The van der Waals surface area contributed by atoms with Gasteiger partial charge >= 0.3 is 0 Å². The van der Waals surface area contributed by atoms with Crippen molar-refractivity contribution in [3.8, 4) is 0 Å². The summed E-state index contributed by atoms with van der Waals surface area (Å²) in [5, 5.41) is 11.3. The van der Waals surface area contributed by atoms with Crippen LogP contribution in [0.4, 0.5) is 5.69 Å². The highest BCUT2D eigenvalue weighted by atomic mass is 35.5. The lowest BCUT2D eigenvalue weighted by atomic mass is 10.1. The zero-order chi connectivity index (χ0) is 13.8. The fourth-order valence-corrected chi connectivity index (χ4v) is 1.89. The maximum absolute atomic E-state index is 11.6. The molecule has 98 valence electrons. The molecule has 0 saturated carbocycles. The van der Waals surface area contributed by atoms with Crippen LogP contribution >= 0.6 is 11.6 Å². The number of hydroxylamine groups is 1. The van der Waals surface area contributed by atoms with Gasteiger partial charge in [-0.15, -0.1) is 0 Å². The number of nitrogens with zero attached hydrogens (tertiary/aromatic N) is 1. The lowest BCUT2D eigenvalue weighted by molar-refractivity contribution is -0.111. The van der Waals surface area contributed by atoms with Crippen molar-refractivity contribution in [2.75, 3.05) is 5.06 Å². The molecule has 0 atom stereocenters. The Bertz CT molecular complexity index is 570. The van der Waals surface area contributed by atoms with Gasteiger partial charge in [0.05, 0.1) is 5.69 Å². The molecule has 0 aromatic heterocycles. The second kappa shape index (κ2) is 5.87.